The Morgan fingerprint density at radius 3 is 2.61 bits per heavy atom. The van der Waals surface area contributed by atoms with Gasteiger partial charge in [-0.05, 0) is 54.7 Å². The van der Waals surface area contributed by atoms with Crippen molar-refractivity contribution in [2.24, 2.45) is 11.1 Å². The fourth-order valence-electron chi connectivity index (χ4n) is 4.09. The zero-order valence-electron chi connectivity index (χ0n) is 16.5. The molecular weight excluding hydrogens is 350 g/mol. The standard InChI is InChI=1S/C22H29N5O/c1-22(7-12-26(13-8-22)19-4-9-25-10-5-19)16-28-20-3-2-17-6-11-27(21(23)24)15-18(17)14-20/h2-5,9-10,14H,6-8,11-13,15-16H2,1H3,(H3,23,24). The molecule has 1 aromatic heterocycles. The lowest BCUT2D eigenvalue weighted by molar-refractivity contribution is 0.131. The smallest absolute Gasteiger partial charge is 0.188 e. The second kappa shape index (κ2) is 7.70. The third kappa shape index (κ3) is 4.06. The van der Waals surface area contributed by atoms with E-state index in [9.17, 15) is 0 Å². The van der Waals surface area contributed by atoms with Crippen LogP contribution in [0.3, 0.4) is 0 Å². The quantitative estimate of drug-likeness (QED) is 0.631. The number of guanidine groups is 1. The molecule has 148 valence electrons. The van der Waals surface area contributed by atoms with E-state index < -0.39 is 0 Å². The van der Waals surface area contributed by atoms with Gasteiger partial charge in [-0.1, -0.05) is 13.0 Å². The Balaban J connectivity index is 1.35. The molecule has 6 nitrogen and oxygen atoms in total. The summed E-state index contributed by atoms with van der Waals surface area (Å²) in [4.78, 5) is 8.44. The maximum atomic E-state index is 7.67. The number of hydrogen-bond donors (Lipinski definition) is 2. The van der Waals surface area contributed by atoms with Crippen molar-refractivity contribution in [3.8, 4) is 5.75 Å². The molecule has 2 aliphatic rings. The average Bonchev–Trinajstić information content (AvgIpc) is 2.73. The maximum absolute atomic E-state index is 7.67. The van der Waals surface area contributed by atoms with Gasteiger partial charge in [0.1, 0.15) is 5.75 Å². The van der Waals surface area contributed by atoms with Crippen molar-refractivity contribution in [3.63, 3.8) is 0 Å². The molecule has 2 aliphatic heterocycles. The summed E-state index contributed by atoms with van der Waals surface area (Å²) in [7, 11) is 0. The number of ether oxygens (including phenoxy) is 1. The third-order valence-electron chi connectivity index (χ3n) is 6.12. The second-order valence-electron chi connectivity index (χ2n) is 8.28. The summed E-state index contributed by atoms with van der Waals surface area (Å²) < 4.78 is 6.22. The van der Waals surface area contributed by atoms with Gasteiger partial charge in [0.2, 0.25) is 0 Å². The molecule has 2 aromatic rings. The minimum absolute atomic E-state index is 0.144. The Morgan fingerprint density at radius 1 is 1.14 bits per heavy atom. The van der Waals surface area contributed by atoms with Gasteiger partial charge in [-0.3, -0.25) is 10.4 Å². The van der Waals surface area contributed by atoms with E-state index in [-0.39, 0.29) is 11.4 Å². The summed E-state index contributed by atoms with van der Waals surface area (Å²) in [5, 5.41) is 7.67. The molecule has 0 unspecified atom stereocenters. The van der Waals surface area contributed by atoms with Crippen LogP contribution < -0.4 is 15.4 Å². The van der Waals surface area contributed by atoms with Crippen LogP contribution in [0.15, 0.2) is 42.7 Å². The Labute approximate surface area is 166 Å². The predicted octanol–water partition coefficient (Wildman–Crippen LogP) is 3.02. The van der Waals surface area contributed by atoms with Gasteiger partial charge < -0.3 is 20.3 Å². The van der Waals surface area contributed by atoms with Crippen LogP contribution in [0.2, 0.25) is 0 Å². The summed E-state index contributed by atoms with van der Waals surface area (Å²) in [6, 6.07) is 10.5. The van der Waals surface area contributed by atoms with Crippen LogP contribution in [0.25, 0.3) is 0 Å². The topological polar surface area (TPSA) is 78.5 Å². The van der Waals surface area contributed by atoms with Crippen molar-refractivity contribution >= 4 is 11.6 Å². The predicted molar refractivity (Wildman–Crippen MR) is 112 cm³/mol. The van der Waals surface area contributed by atoms with E-state index in [1.807, 2.05) is 17.3 Å². The molecule has 28 heavy (non-hydrogen) atoms. The molecule has 0 bridgehead atoms. The highest BCUT2D eigenvalue weighted by Crippen LogP contribution is 2.34. The molecule has 0 amide bonds. The van der Waals surface area contributed by atoms with Gasteiger partial charge in [-0.15, -0.1) is 0 Å². The Bertz CT molecular complexity index is 830. The van der Waals surface area contributed by atoms with Gasteiger partial charge in [0.05, 0.1) is 6.61 Å². The number of pyridine rings is 1. The van der Waals surface area contributed by atoms with E-state index in [0.717, 1.165) is 51.3 Å². The van der Waals surface area contributed by atoms with E-state index in [2.05, 4.69) is 47.1 Å². The summed E-state index contributed by atoms with van der Waals surface area (Å²) in [5.41, 5.74) is 9.65. The summed E-state index contributed by atoms with van der Waals surface area (Å²) in [5.74, 6) is 1.06. The largest absolute Gasteiger partial charge is 0.493 e. The molecule has 1 aromatic carbocycles. The normalized spacial score (nSPS) is 18.5. The van der Waals surface area contributed by atoms with Crippen molar-refractivity contribution in [2.45, 2.75) is 32.7 Å². The molecule has 3 N–H and O–H groups in total. The van der Waals surface area contributed by atoms with Gasteiger partial charge in [0.15, 0.2) is 5.96 Å². The molecule has 0 atom stereocenters. The number of nitrogens with two attached hydrogens (primary N) is 1. The second-order valence-corrected chi connectivity index (χ2v) is 8.28. The average molecular weight is 380 g/mol. The van der Waals surface area contributed by atoms with Gasteiger partial charge in [-0.2, -0.15) is 0 Å². The van der Waals surface area contributed by atoms with E-state index in [4.69, 9.17) is 15.9 Å². The highest BCUT2D eigenvalue weighted by atomic mass is 16.5. The van der Waals surface area contributed by atoms with Crippen molar-refractivity contribution in [3.05, 3.63) is 53.9 Å². The van der Waals surface area contributed by atoms with Gasteiger partial charge in [0, 0.05) is 49.7 Å². The molecule has 0 radical (unpaired) electrons. The van der Waals surface area contributed by atoms with Crippen LogP contribution in [0.5, 0.6) is 5.75 Å². The first kappa shape index (κ1) is 18.6. The molecule has 0 spiro atoms. The minimum Gasteiger partial charge on any atom is -0.493 e. The lowest BCUT2D eigenvalue weighted by atomic mass is 9.81. The van der Waals surface area contributed by atoms with Crippen molar-refractivity contribution in [1.82, 2.24) is 9.88 Å². The van der Waals surface area contributed by atoms with Crippen LogP contribution in [-0.4, -0.2) is 42.1 Å². The van der Waals surface area contributed by atoms with Crippen LogP contribution in [0.1, 0.15) is 30.9 Å². The number of rotatable bonds is 4. The SMILES string of the molecule is CC1(COc2ccc3c(c2)CN(C(=N)N)CC3)CCN(c2ccncc2)CC1. The van der Waals surface area contributed by atoms with Crippen LogP contribution in [0, 0.1) is 10.8 Å². The zero-order valence-corrected chi connectivity index (χ0v) is 16.5. The zero-order chi connectivity index (χ0) is 19.6. The molecule has 1 saturated heterocycles. The first-order chi connectivity index (χ1) is 13.5. The highest BCUT2D eigenvalue weighted by molar-refractivity contribution is 5.75. The molecular formula is C22H29N5O. The molecule has 0 aliphatic carbocycles. The van der Waals surface area contributed by atoms with Crippen LogP contribution in [-0.2, 0) is 13.0 Å². The molecule has 1 fully saturated rings. The monoisotopic (exact) mass is 379 g/mol. The molecule has 3 heterocycles. The maximum Gasteiger partial charge on any atom is 0.188 e. The van der Waals surface area contributed by atoms with E-state index >= 15 is 0 Å². The number of nitrogens with zero attached hydrogens (tertiary/aromatic N) is 3. The summed E-state index contributed by atoms with van der Waals surface area (Å²) in [6.07, 6.45) is 6.86. The van der Waals surface area contributed by atoms with E-state index in [1.54, 1.807) is 0 Å². The van der Waals surface area contributed by atoms with E-state index in [0.29, 0.717) is 6.54 Å². The minimum atomic E-state index is 0.144. The molecule has 4 rings (SSSR count). The lowest BCUT2D eigenvalue weighted by Crippen LogP contribution is -2.41. The summed E-state index contributed by atoms with van der Waals surface area (Å²) >= 11 is 0. The Morgan fingerprint density at radius 2 is 1.89 bits per heavy atom. The number of fused-ring (bicyclic) bond motifs is 1. The number of piperidine rings is 1. The van der Waals surface area contributed by atoms with Crippen molar-refractivity contribution < 1.29 is 4.74 Å². The molecule has 0 saturated carbocycles. The van der Waals surface area contributed by atoms with Gasteiger partial charge in [-0.25, -0.2) is 0 Å². The number of nitrogens with one attached hydrogen (secondary N) is 1. The van der Waals surface area contributed by atoms with Gasteiger partial charge in [0.25, 0.3) is 0 Å². The van der Waals surface area contributed by atoms with Crippen molar-refractivity contribution in [1.29, 1.82) is 5.41 Å². The highest BCUT2D eigenvalue weighted by Gasteiger charge is 2.31. The number of hydrogen-bond acceptors (Lipinski definition) is 4. The Kier molecular flexibility index (Phi) is 5.11. The fourth-order valence-corrected chi connectivity index (χ4v) is 4.09. The van der Waals surface area contributed by atoms with Crippen LogP contribution in [0.4, 0.5) is 5.69 Å². The summed E-state index contributed by atoms with van der Waals surface area (Å²) in [6.45, 7) is 6.65. The number of benzene rings is 1. The Hall–Kier alpha value is -2.76. The first-order valence-corrected chi connectivity index (χ1v) is 10.0. The first-order valence-electron chi connectivity index (χ1n) is 10.0. The van der Waals surface area contributed by atoms with E-state index in [1.165, 1.54) is 16.8 Å². The molecule has 6 heteroatoms. The van der Waals surface area contributed by atoms with Crippen LogP contribution >= 0.6 is 0 Å². The van der Waals surface area contributed by atoms with Crippen molar-refractivity contribution in [2.75, 3.05) is 31.1 Å². The lowest BCUT2D eigenvalue weighted by Gasteiger charge is -2.40. The number of anilines is 1. The fraction of sp³-hybridized carbons (Fsp3) is 0.455. The third-order valence-corrected chi connectivity index (χ3v) is 6.12. The number of aromatic nitrogens is 1. The van der Waals surface area contributed by atoms with Gasteiger partial charge >= 0.3 is 0 Å².